The molecule has 15 heavy (non-hydrogen) atoms. The van der Waals surface area contributed by atoms with Crippen LogP contribution in [-0.4, -0.2) is 13.0 Å². The smallest absolute Gasteiger partial charge is 0.294 e. The monoisotopic (exact) mass is 222 g/mol. The van der Waals surface area contributed by atoms with E-state index in [-0.39, 0.29) is 4.90 Å². The van der Waals surface area contributed by atoms with Gasteiger partial charge in [0.2, 0.25) is 0 Å². The Bertz CT molecular complexity index is 620. The van der Waals surface area contributed by atoms with E-state index in [0.717, 1.165) is 0 Å². The van der Waals surface area contributed by atoms with E-state index < -0.39 is 10.1 Å². The Balaban J connectivity index is 2.73. The van der Waals surface area contributed by atoms with Crippen LogP contribution in [0.15, 0.2) is 35.2 Å². The van der Waals surface area contributed by atoms with Crippen LogP contribution in [0.5, 0.6) is 0 Å². The Kier molecular flexibility index (Phi) is 2.13. The second-order valence-corrected chi connectivity index (χ2v) is 4.56. The molecule has 2 aromatic rings. The lowest BCUT2D eigenvalue weighted by Gasteiger charge is -2.01. The molecule has 0 unspecified atom stereocenters. The third-order valence-corrected chi connectivity index (χ3v) is 2.89. The van der Waals surface area contributed by atoms with Crippen molar-refractivity contribution < 1.29 is 13.0 Å². The zero-order chi connectivity index (χ0) is 11.1. The zero-order valence-electron chi connectivity index (χ0n) is 7.64. The molecule has 77 valence electrons. The van der Waals surface area contributed by atoms with Crippen molar-refractivity contribution in [3.63, 3.8) is 0 Å². The first-order valence-corrected chi connectivity index (χ1v) is 5.60. The van der Waals surface area contributed by atoms with E-state index in [9.17, 15) is 8.42 Å². The second-order valence-electron chi connectivity index (χ2n) is 3.14. The van der Waals surface area contributed by atoms with Crippen LogP contribution in [0.4, 0.5) is 5.69 Å². The summed E-state index contributed by atoms with van der Waals surface area (Å²) in [6.45, 7) is 0. The minimum Gasteiger partial charge on any atom is -0.398 e. The molecule has 0 aliphatic heterocycles. The number of nitrogen functional groups attached to an aromatic ring is 1. The standard InChI is InChI=1S/C10H8NO3S/c11-9-3-1-8-6-10(15(12,13)14)4-2-7(8)5-9/h1-4,6H,11H2,(H,12,13,14). The van der Waals surface area contributed by atoms with Gasteiger partial charge in [-0.3, -0.25) is 4.55 Å². The van der Waals surface area contributed by atoms with Gasteiger partial charge in [0.05, 0.1) is 4.90 Å². The lowest BCUT2D eigenvalue weighted by atomic mass is 10.1. The Labute approximate surface area is 87.1 Å². The molecule has 3 N–H and O–H groups in total. The number of rotatable bonds is 1. The van der Waals surface area contributed by atoms with Gasteiger partial charge in [-0.15, -0.1) is 0 Å². The van der Waals surface area contributed by atoms with Crippen molar-refractivity contribution in [2.24, 2.45) is 0 Å². The van der Waals surface area contributed by atoms with Crippen LogP contribution in [-0.2, 0) is 10.1 Å². The molecule has 0 atom stereocenters. The fraction of sp³-hybridized carbons (Fsp3) is 0. The largest absolute Gasteiger partial charge is 0.398 e. The van der Waals surface area contributed by atoms with Gasteiger partial charge in [-0.1, -0.05) is 12.1 Å². The summed E-state index contributed by atoms with van der Waals surface area (Å²) in [7, 11) is -4.15. The predicted octanol–water partition coefficient (Wildman–Crippen LogP) is 1.47. The molecule has 2 aromatic carbocycles. The predicted molar refractivity (Wildman–Crippen MR) is 57.0 cm³/mol. The first-order valence-electron chi connectivity index (χ1n) is 4.16. The maximum atomic E-state index is 10.9. The lowest BCUT2D eigenvalue weighted by Crippen LogP contribution is -1.97. The SMILES string of the molecule is Nc1[c]c2ccc(S(=O)(=O)O)cc2cc1. The van der Waals surface area contributed by atoms with E-state index in [4.69, 9.17) is 10.3 Å². The maximum absolute atomic E-state index is 10.9. The molecule has 1 radical (unpaired) electrons. The Morgan fingerprint density at radius 2 is 1.93 bits per heavy atom. The summed E-state index contributed by atoms with van der Waals surface area (Å²) in [6.07, 6.45) is 0. The Morgan fingerprint density at radius 1 is 1.20 bits per heavy atom. The van der Waals surface area contributed by atoms with Gasteiger partial charge in [-0.2, -0.15) is 8.42 Å². The fourth-order valence-corrected chi connectivity index (χ4v) is 1.85. The third kappa shape index (κ3) is 1.93. The average Bonchev–Trinajstić information content (AvgIpc) is 2.15. The van der Waals surface area contributed by atoms with Gasteiger partial charge in [-0.25, -0.2) is 0 Å². The highest BCUT2D eigenvalue weighted by Crippen LogP contribution is 2.20. The maximum Gasteiger partial charge on any atom is 0.294 e. The molecule has 5 heteroatoms. The van der Waals surface area contributed by atoms with Gasteiger partial charge in [0.1, 0.15) is 0 Å². The molecule has 0 heterocycles. The van der Waals surface area contributed by atoms with Gasteiger partial charge < -0.3 is 5.73 Å². The Morgan fingerprint density at radius 3 is 2.60 bits per heavy atom. The number of benzene rings is 2. The van der Waals surface area contributed by atoms with Crippen molar-refractivity contribution in [2.45, 2.75) is 4.90 Å². The summed E-state index contributed by atoms with van der Waals surface area (Å²) in [5.74, 6) is 0. The molecule has 0 amide bonds. The van der Waals surface area contributed by atoms with E-state index in [1.165, 1.54) is 12.1 Å². The summed E-state index contributed by atoms with van der Waals surface area (Å²) >= 11 is 0. The second kappa shape index (κ2) is 3.22. The van der Waals surface area contributed by atoms with Gasteiger partial charge in [0.15, 0.2) is 0 Å². The van der Waals surface area contributed by atoms with E-state index in [1.807, 2.05) is 0 Å². The number of nitrogens with two attached hydrogens (primary N) is 1. The molecule has 0 spiro atoms. The molecule has 0 saturated carbocycles. The third-order valence-electron chi connectivity index (χ3n) is 2.04. The average molecular weight is 222 g/mol. The van der Waals surface area contributed by atoms with Crippen LogP contribution in [0.3, 0.4) is 0 Å². The van der Waals surface area contributed by atoms with Gasteiger partial charge in [-0.05, 0) is 29.0 Å². The molecule has 0 aliphatic carbocycles. The van der Waals surface area contributed by atoms with Crippen LogP contribution < -0.4 is 5.73 Å². The molecule has 4 nitrogen and oxygen atoms in total. The highest BCUT2D eigenvalue weighted by molar-refractivity contribution is 7.85. The van der Waals surface area contributed by atoms with Gasteiger partial charge >= 0.3 is 0 Å². The van der Waals surface area contributed by atoms with Crippen molar-refractivity contribution in [2.75, 3.05) is 5.73 Å². The number of hydrogen-bond donors (Lipinski definition) is 2. The molecule has 0 bridgehead atoms. The minimum atomic E-state index is -4.15. The van der Waals surface area contributed by atoms with E-state index in [1.54, 1.807) is 18.2 Å². The van der Waals surface area contributed by atoms with E-state index in [2.05, 4.69) is 6.07 Å². The normalized spacial score (nSPS) is 11.8. The molecular formula is C10H8NO3S. The van der Waals surface area contributed by atoms with E-state index >= 15 is 0 Å². The topological polar surface area (TPSA) is 80.4 Å². The van der Waals surface area contributed by atoms with E-state index in [0.29, 0.717) is 16.5 Å². The number of anilines is 1. The van der Waals surface area contributed by atoms with Gasteiger partial charge in [0.25, 0.3) is 10.1 Å². The van der Waals surface area contributed by atoms with Crippen LogP contribution in [0, 0.1) is 6.07 Å². The van der Waals surface area contributed by atoms with Crippen molar-refractivity contribution in [1.29, 1.82) is 0 Å². The van der Waals surface area contributed by atoms with Crippen molar-refractivity contribution in [3.8, 4) is 0 Å². The zero-order valence-corrected chi connectivity index (χ0v) is 8.45. The molecule has 0 fully saturated rings. The van der Waals surface area contributed by atoms with Crippen LogP contribution in [0.25, 0.3) is 10.8 Å². The number of fused-ring (bicyclic) bond motifs is 1. The first-order chi connectivity index (χ1) is 6.97. The first kappa shape index (κ1) is 9.95. The van der Waals surface area contributed by atoms with Crippen molar-refractivity contribution >= 4 is 26.6 Å². The Hall–Kier alpha value is -1.59. The van der Waals surface area contributed by atoms with Crippen molar-refractivity contribution in [1.82, 2.24) is 0 Å². The molecule has 0 saturated heterocycles. The molecule has 2 rings (SSSR count). The molecule has 0 aromatic heterocycles. The minimum absolute atomic E-state index is 0.131. The lowest BCUT2D eigenvalue weighted by molar-refractivity contribution is 0.483. The number of hydrogen-bond acceptors (Lipinski definition) is 3. The van der Waals surface area contributed by atoms with Crippen molar-refractivity contribution in [3.05, 3.63) is 36.4 Å². The summed E-state index contributed by atoms with van der Waals surface area (Å²) in [5.41, 5.74) is 6.01. The highest BCUT2D eigenvalue weighted by Gasteiger charge is 2.09. The summed E-state index contributed by atoms with van der Waals surface area (Å²) in [6, 6.07) is 10.4. The highest BCUT2D eigenvalue weighted by atomic mass is 32.2. The summed E-state index contributed by atoms with van der Waals surface area (Å²) in [4.78, 5) is -0.131. The summed E-state index contributed by atoms with van der Waals surface area (Å²) in [5, 5.41) is 1.38. The van der Waals surface area contributed by atoms with Gasteiger partial charge in [0, 0.05) is 11.8 Å². The van der Waals surface area contributed by atoms with Crippen LogP contribution in [0.2, 0.25) is 0 Å². The molecule has 0 aliphatic rings. The quantitative estimate of drug-likeness (QED) is 0.565. The van der Waals surface area contributed by atoms with Crippen LogP contribution >= 0.6 is 0 Å². The summed E-state index contributed by atoms with van der Waals surface area (Å²) < 4.78 is 30.6. The van der Waals surface area contributed by atoms with Crippen LogP contribution in [0.1, 0.15) is 0 Å². The molecular weight excluding hydrogens is 214 g/mol. The fourth-order valence-electron chi connectivity index (χ4n) is 1.33.